The SMILES string of the molecule is CCOCCN(C(=O)CCl)C(=C(C)C)c1ccccc1.COc1cc(OC)nc(NC(=O)NS(=O)(=O)c2cc(NC=O)ccc2C(=O)N(C)C)n1. The van der Waals surface area contributed by atoms with Gasteiger partial charge in [-0.05, 0) is 44.5 Å². The first-order valence-corrected chi connectivity index (χ1v) is 17.3. The summed E-state index contributed by atoms with van der Waals surface area (Å²) in [6.45, 7) is 7.58. The standard InChI is InChI=1S/C17H20N6O7S.C16H22ClNO2/c1-23(2)15(25)11-6-5-10(18-9-24)7-12(11)31(27,28)22-17(26)21-16-19-13(29-3)8-14(20-16)30-4;1-4-20-11-10-18(15(19)12-17)16(13(2)3)14-8-6-5-7-9-14/h5-9H,1-4H3,(H,18,24)(H2,19,20,21,22,26);5-9H,4,10-12H2,1-3H3. The number of hydrogen-bond donors (Lipinski definition) is 3. The van der Waals surface area contributed by atoms with Gasteiger partial charge in [0.15, 0.2) is 0 Å². The van der Waals surface area contributed by atoms with E-state index in [1.807, 2.05) is 51.1 Å². The molecule has 18 heteroatoms. The van der Waals surface area contributed by atoms with Crippen LogP contribution in [0.15, 0.2) is 65.1 Å². The van der Waals surface area contributed by atoms with Crippen LogP contribution in [-0.4, -0.2) is 106 Å². The van der Waals surface area contributed by atoms with E-state index in [0.29, 0.717) is 26.2 Å². The molecule has 0 unspecified atom stereocenters. The zero-order valence-corrected chi connectivity index (χ0v) is 30.9. The molecule has 16 nitrogen and oxygen atoms in total. The molecule has 5 amide bonds. The van der Waals surface area contributed by atoms with Crippen molar-refractivity contribution < 1.29 is 41.8 Å². The number of amides is 5. The minimum Gasteiger partial charge on any atom is -0.481 e. The zero-order chi connectivity index (χ0) is 38.1. The van der Waals surface area contributed by atoms with Crippen LogP contribution in [0.5, 0.6) is 11.8 Å². The van der Waals surface area contributed by atoms with Gasteiger partial charge < -0.3 is 29.3 Å². The number of rotatable bonds is 15. The molecule has 0 spiro atoms. The molecule has 3 N–H and O–H groups in total. The summed E-state index contributed by atoms with van der Waals surface area (Å²) in [7, 11) is 0.991. The van der Waals surface area contributed by atoms with Crippen LogP contribution >= 0.6 is 11.6 Å². The molecule has 3 rings (SSSR count). The lowest BCUT2D eigenvalue weighted by molar-refractivity contribution is -0.126. The van der Waals surface area contributed by atoms with Crippen LogP contribution in [-0.2, 0) is 24.3 Å². The summed E-state index contributed by atoms with van der Waals surface area (Å²) in [4.78, 5) is 57.6. The quantitative estimate of drug-likeness (QED) is 0.116. The third-order valence-electron chi connectivity index (χ3n) is 6.55. The van der Waals surface area contributed by atoms with E-state index in [4.69, 9.17) is 25.8 Å². The van der Waals surface area contributed by atoms with Crippen molar-refractivity contribution in [2.75, 3.05) is 64.6 Å². The molecule has 0 aliphatic heterocycles. The van der Waals surface area contributed by atoms with Gasteiger partial charge in [0.05, 0.1) is 32.5 Å². The van der Waals surface area contributed by atoms with Gasteiger partial charge in [0.1, 0.15) is 10.8 Å². The maximum atomic E-state index is 12.8. The third-order valence-corrected chi connectivity index (χ3v) is 8.15. The molecule has 0 aliphatic rings. The van der Waals surface area contributed by atoms with Crippen LogP contribution in [0.3, 0.4) is 0 Å². The van der Waals surface area contributed by atoms with Crippen LogP contribution in [0.25, 0.3) is 5.70 Å². The largest absolute Gasteiger partial charge is 0.481 e. The predicted molar refractivity (Wildman–Crippen MR) is 192 cm³/mol. The second-order valence-corrected chi connectivity index (χ2v) is 12.5. The second-order valence-electron chi connectivity index (χ2n) is 10.6. The molecule has 51 heavy (non-hydrogen) atoms. The van der Waals surface area contributed by atoms with Gasteiger partial charge >= 0.3 is 6.03 Å². The van der Waals surface area contributed by atoms with E-state index in [1.165, 1.54) is 46.5 Å². The van der Waals surface area contributed by atoms with Gasteiger partial charge in [-0.15, -0.1) is 11.6 Å². The number of allylic oxidation sites excluding steroid dienone is 1. The van der Waals surface area contributed by atoms with E-state index >= 15 is 0 Å². The van der Waals surface area contributed by atoms with Crippen molar-refractivity contribution >= 4 is 63.2 Å². The average molecular weight is 748 g/mol. The Bertz CT molecular complexity index is 1780. The third kappa shape index (κ3) is 12.5. The summed E-state index contributed by atoms with van der Waals surface area (Å²) in [6, 6.07) is 13.6. The molecule has 1 aromatic heterocycles. The summed E-state index contributed by atoms with van der Waals surface area (Å²) in [5, 5.41) is 4.44. The number of nitrogens with one attached hydrogen (secondary N) is 3. The summed E-state index contributed by atoms with van der Waals surface area (Å²) >= 11 is 5.74. The number of carbonyl (C=O) groups excluding carboxylic acids is 4. The fourth-order valence-corrected chi connectivity index (χ4v) is 5.61. The first-order chi connectivity index (χ1) is 24.2. The van der Waals surface area contributed by atoms with E-state index in [9.17, 15) is 27.6 Å². The van der Waals surface area contributed by atoms with Crippen molar-refractivity contribution in [1.82, 2.24) is 24.5 Å². The molecular formula is C33H42ClN7O9S. The number of alkyl halides is 1. The summed E-state index contributed by atoms with van der Waals surface area (Å²) in [5.74, 6) is -0.918. The number of anilines is 2. The summed E-state index contributed by atoms with van der Waals surface area (Å²) in [6.07, 6.45) is 0.340. The Morgan fingerprint density at radius 3 is 2.10 bits per heavy atom. The highest BCUT2D eigenvalue weighted by Gasteiger charge is 2.26. The van der Waals surface area contributed by atoms with Gasteiger partial charge in [-0.3, -0.25) is 19.7 Å². The van der Waals surface area contributed by atoms with Crippen molar-refractivity contribution in [2.45, 2.75) is 25.7 Å². The molecule has 0 fully saturated rings. The highest BCUT2D eigenvalue weighted by molar-refractivity contribution is 7.90. The van der Waals surface area contributed by atoms with Crippen molar-refractivity contribution in [3.05, 3.63) is 71.3 Å². The van der Waals surface area contributed by atoms with Crippen molar-refractivity contribution in [1.29, 1.82) is 0 Å². The zero-order valence-electron chi connectivity index (χ0n) is 29.4. The average Bonchev–Trinajstić information content (AvgIpc) is 3.10. The molecule has 1 heterocycles. The monoisotopic (exact) mass is 747 g/mol. The first-order valence-electron chi connectivity index (χ1n) is 15.3. The van der Waals surface area contributed by atoms with Gasteiger partial charge in [0.2, 0.25) is 30.0 Å². The minimum absolute atomic E-state index is 0.0320. The highest BCUT2D eigenvalue weighted by atomic mass is 35.5. The van der Waals surface area contributed by atoms with E-state index in [2.05, 4.69) is 20.6 Å². The molecule has 0 aliphatic carbocycles. The lowest BCUT2D eigenvalue weighted by atomic mass is 10.1. The number of methoxy groups -OCH3 is 2. The predicted octanol–water partition coefficient (Wildman–Crippen LogP) is 3.82. The van der Waals surface area contributed by atoms with E-state index in [-0.39, 0.29) is 40.7 Å². The molecule has 0 saturated carbocycles. The Kier molecular flexibility index (Phi) is 16.8. The van der Waals surface area contributed by atoms with Gasteiger partial charge in [0.25, 0.3) is 15.9 Å². The lowest BCUT2D eigenvalue weighted by Gasteiger charge is -2.26. The molecule has 0 atom stereocenters. The van der Waals surface area contributed by atoms with Crippen molar-refractivity contribution in [3.63, 3.8) is 0 Å². The van der Waals surface area contributed by atoms with Crippen molar-refractivity contribution in [2.24, 2.45) is 0 Å². The molecule has 0 radical (unpaired) electrons. The molecule has 3 aromatic rings. The Morgan fingerprint density at radius 2 is 1.59 bits per heavy atom. The number of halogens is 1. The topological polar surface area (TPSA) is 198 Å². The number of hydrogen-bond acceptors (Lipinski definition) is 11. The van der Waals surface area contributed by atoms with Crippen LogP contribution in [0.4, 0.5) is 16.4 Å². The highest BCUT2D eigenvalue weighted by Crippen LogP contribution is 2.24. The fraction of sp³-hybridized carbons (Fsp3) is 0.333. The van der Waals surface area contributed by atoms with Crippen LogP contribution in [0, 0.1) is 0 Å². The second kappa shape index (κ2) is 20.4. The number of sulfonamides is 1. The number of carbonyl (C=O) groups is 4. The maximum Gasteiger partial charge on any atom is 0.335 e. The minimum atomic E-state index is -4.54. The number of benzene rings is 2. The Morgan fingerprint density at radius 1 is 0.961 bits per heavy atom. The number of nitrogens with zero attached hydrogens (tertiary/aromatic N) is 4. The molecule has 0 saturated heterocycles. The number of urea groups is 1. The fourth-order valence-electron chi connectivity index (χ4n) is 4.34. The first kappa shape index (κ1) is 41.9. The molecule has 0 bridgehead atoms. The Hall–Kier alpha value is -5.26. The van der Waals surface area contributed by atoms with Crippen molar-refractivity contribution in [3.8, 4) is 11.8 Å². The van der Waals surface area contributed by atoms with E-state index in [1.54, 1.807) is 9.62 Å². The van der Waals surface area contributed by atoms with E-state index in [0.717, 1.165) is 27.8 Å². The van der Waals surface area contributed by atoms with E-state index < -0.39 is 26.9 Å². The van der Waals surface area contributed by atoms with Crippen LogP contribution in [0.2, 0.25) is 0 Å². The van der Waals surface area contributed by atoms with Gasteiger partial charge in [0, 0.05) is 38.6 Å². The lowest BCUT2D eigenvalue weighted by Crippen LogP contribution is -2.36. The van der Waals surface area contributed by atoms with Gasteiger partial charge in [-0.1, -0.05) is 35.9 Å². The van der Waals surface area contributed by atoms with Gasteiger partial charge in [-0.2, -0.15) is 9.97 Å². The number of ether oxygens (including phenoxy) is 3. The Balaban J connectivity index is 0.000000389. The smallest absolute Gasteiger partial charge is 0.335 e. The molecule has 2 aromatic carbocycles. The summed E-state index contributed by atoms with van der Waals surface area (Å²) < 4.78 is 42.7. The normalized spacial score (nSPS) is 10.4. The van der Waals surface area contributed by atoms with Crippen LogP contribution in [0.1, 0.15) is 36.7 Å². The molecule has 276 valence electrons. The summed E-state index contributed by atoms with van der Waals surface area (Å²) in [5.41, 5.74) is 2.90. The van der Waals surface area contributed by atoms with Crippen LogP contribution < -0.4 is 24.8 Å². The maximum absolute atomic E-state index is 12.8. The molecular weight excluding hydrogens is 706 g/mol. The van der Waals surface area contributed by atoms with Gasteiger partial charge in [-0.25, -0.2) is 17.9 Å². The Labute approximate surface area is 302 Å². The number of aromatic nitrogens is 2.